The van der Waals surface area contributed by atoms with Crippen LogP contribution in [0.4, 0.5) is 0 Å². The van der Waals surface area contributed by atoms with E-state index in [1.54, 1.807) is 0 Å². The molecule has 184 valence electrons. The number of benzene rings is 2. The van der Waals surface area contributed by atoms with Crippen molar-refractivity contribution in [2.24, 2.45) is 17.6 Å². The highest BCUT2D eigenvalue weighted by atomic mass is 16.2. The third-order valence-electron chi connectivity index (χ3n) is 6.04. The summed E-state index contributed by atoms with van der Waals surface area (Å²) < 4.78 is 0. The summed E-state index contributed by atoms with van der Waals surface area (Å²) in [6.07, 6.45) is 1.000. The minimum atomic E-state index is -0.854. The Kier molecular flexibility index (Phi) is 10.7. The van der Waals surface area contributed by atoms with Gasteiger partial charge in [0.05, 0.1) is 6.04 Å². The maximum Gasteiger partial charge on any atom is 0.243 e. The summed E-state index contributed by atoms with van der Waals surface area (Å²) in [4.78, 5) is 39.0. The van der Waals surface area contributed by atoms with Gasteiger partial charge in [-0.25, -0.2) is 0 Å². The van der Waals surface area contributed by atoms with Gasteiger partial charge in [-0.15, -0.1) is 0 Å². The van der Waals surface area contributed by atoms with Crippen molar-refractivity contribution < 1.29 is 14.4 Å². The zero-order valence-electron chi connectivity index (χ0n) is 20.6. The van der Waals surface area contributed by atoms with Crippen LogP contribution in [0.15, 0.2) is 60.7 Å². The van der Waals surface area contributed by atoms with Crippen molar-refractivity contribution in [3.05, 3.63) is 71.8 Å². The minimum Gasteiger partial charge on any atom is -0.350 e. The van der Waals surface area contributed by atoms with Crippen molar-refractivity contribution in [1.29, 1.82) is 0 Å². The van der Waals surface area contributed by atoms with Crippen LogP contribution in [0, 0.1) is 11.8 Å². The molecule has 0 aliphatic rings. The van der Waals surface area contributed by atoms with Gasteiger partial charge in [0, 0.05) is 13.0 Å². The Morgan fingerprint density at radius 3 is 1.88 bits per heavy atom. The Bertz CT molecular complexity index is 918. The third-order valence-corrected chi connectivity index (χ3v) is 6.04. The molecule has 0 aromatic heterocycles. The number of nitrogens with one attached hydrogen (secondary N) is 3. The van der Waals surface area contributed by atoms with Crippen molar-refractivity contribution in [3.63, 3.8) is 0 Å². The molecule has 5 N–H and O–H groups in total. The Labute approximate surface area is 202 Å². The highest BCUT2D eigenvalue weighted by Crippen LogP contribution is 2.11. The summed E-state index contributed by atoms with van der Waals surface area (Å²) in [6, 6.07) is 16.7. The molecule has 1 unspecified atom stereocenters. The van der Waals surface area contributed by atoms with Crippen LogP contribution >= 0.6 is 0 Å². The van der Waals surface area contributed by atoms with Gasteiger partial charge in [-0.1, -0.05) is 94.8 Å². The first-order valence-corrected chi connectivity index (χ1v) is 11.9. The lowest BCUT2D eigenvalue weighted by Gasteiger charge is -2.27. The predicted octanol–water partition coefficient (Wildman–Crippen LogP) is 2.54. The van der Waals surface area contributed by atoms with Crippen LogP contribution in [0.1, 0.15) is 45.2 Å². The van der Waals surface area contributed by atoms with E-state index in [1.165, 1.54) is 0 Å². The number of hydrogen-bond acceptors (Lipinski definition) is 4. The molecule has 2 aromatic carbocycles. The largest absolute Gasteiger partial charge is 0.350 e. The lowest BCUT2D eigenvalue weighted by molar-refractivity contribution is -0.133. The Morgan fingerprint density at radius 2 is 1.35 bits per heavy atom. The van der Waals surface area contributed by atoms with Gasteiger partial charge in [0.2, 0.25) is 17.7 Å². The summed E-state index contributed by atoms with van der Waals surface area (Å²) in [5.41, 5.74) is 7.88. The van der Waals surface area contributed by atoms with E-state index in [4.69, 9.17) is 5.73 Å². The normalized spacial score (nSPS) is 14.5. The van der Waals surface area contributed by atoms with Crippen molar-refractivity contribution in [3.8, 4) is 0 Å². The summed E-state index contributed by atoms with van der Waals surface area (Å²) >= 11 is 0. The molecule has 34 heavy (non-hydrogen) atoms. The molecule has 2 aromatic rings. The number of carbonyl (C=O) groups excluding carboxylic acids is 3. The van der Waals surface area contributed by atoms with Crippen molar-refractivity contribution in [2.45, 2.75) is 65.2 Å². The van der Waals surface area contributed by atoms with Crippen LogP contribution < -0.4 is 21.7 Å². The van der Waals surface area contributed by atoms with E-state index in [2.05, 4.69) is 16.0 Å². The zero-order valence-corrected chi connectivity index (χ0v) is 20.6. The average Bonchev–Trinajstić information content (AvgIpc) is 2.85. The van der Waals surface area contributed by atoms with Crippen molar-refractivity contribution >= 4 is 17.7 Å². The molecule has 0 bridgehead atoms. The van der Waals surface area contributed by atoms with Gasteiger partial charge in [-0.2, -0.15) is 0 Å². The van der Waals surface area contributed by atoms with E-state index < -0.39 is 24.0 Å². The Morgan fingerprint density at radius 1 is 0.794 bits per heavy atom. The monoisotopic (exact) mass is 466 g/mol. The SMILES string of the molecule is CCC(C)[C@H](NC(=O)[C@H](Cc1ccccc1)NC(=O)[C@@H](N)C(C)C)C(=O)NCc1ccccc1. The molecule has 0 heterocycles. The fourth-order valence-corrected chi connectivity index (χ4v) is 3.48. The Balaban J connectivity index is 2.16. The van der Waals surface area contributed by atoms with E-state index in [1.807, 2.05) is 88.4 Å². The lowest BCUT2D eigenvalue weighted by Crippen LogP contribution is -2.58. The standard InChI is InChI=1S/C27H38N4O3/c1-5-19(4)24(27(34)29-17-21-14-10-7-11-15-21)31-25(32)22(16-20-12-8-6-9-13-20)30-26(33)23(28)18(2)3/h6-15,18-19,22-24H,5,16-17,28H2,1-4H3,(H,29,34)(H,30,33)(H,31,32)/t19?,22-,23-,24-/m0/s1. The fourth-order valence-electron chi connectivity index (χ4n) is 3.48. The highest BCUT2D eigenvalue weighted by molar-refractivity contribution is 5.93. The first kappa shape index (κ1) is 27.1. The van der Waals surface area contributed by atoms with Crippen molar-refractivity contribution in [2.75, 3.05) is 0 Å². The van der Waals surface area contributed by atoms with Gasteiger partial charge in [-0.05, 0) is 23.0 Å². The maximum atomic E-state index is 13.3. The molecule has 0 saturated heterocycles. The molecule has 4 atom stereocenters. The lowest BCUT2D eigenvalue weighted by atomic mass is 9.96. The third kappa shape index (κ3) is 8.30. The molecule has 7 nitrogen and oxygen atoms in total. The smallest absolute Gasteiger partial charge is 0.243 e. The number of hydrogen-bond donors (Lipinski definition) is 4. The summed E-state index contributed by atoms with van der Waals surface area (Å²) in [5.74, 6) is -1.22. The molecule has 0 aliphatic heterocycles. The molecule has 0 radical (unpaired) electrons. The van der Waals surface area contributed by atoms with Crippen LogP contribution in [0.25, 0.3) is 0 Å². The van der Waals surface area contributed by atoms with E-state index in [0.29, 0.717) is 19.4 Å². The molecule has 2 rings (SSSR count). The number of nitrogens with two attached hydrogens (primary N) is 1. The number of rotatable bonds is 12. The van der Waals surface area contributed by atoms with Gasteiger partial charge in [0.1, 0.15) is 12.1 Å². The van der Waals surface area contributed by atoms with Crippen LogP contribution in [0.5, 0.6) is 0 Å². The molecule has 0 aliphatic carbocycles. The van der Waals surface area contributed by atoms with Crippen LogP contribution in [-0.4, -0.2) is 35.8 Å². The predicted molar refractivity (Wildman–Crippen MR) is 135 cm³/mol. The second-order valence-electron chi connectivity index (χ2n) is 9.10. The molecule has 0 spiro atoms. The fraction of sp³-hybridized carbons (Fsp3) is 0.444. The molecular weight excluding hydrogens is 428 g/mol. The number of carbonyl (C=O) groups is 3. The average molecular weight is 467 g/mol. The Hall–Kier alpha value is -3.19. The summed E-state index contributed by atoms with van der Waals surface area (Å²) in [5, 5.41) is 8.61. The van der Waals surface area contributed by atoms with Crippen LogP contribution in [-0.2, 0) is 27.3 Å². The van der Waals surface area contributed by atoms with E-state index in [9.17, 15) is 14.4 Å². The quantitative estimate of drug-likeness (QED) is 0.385. The second kappa shape index (κ2) is 13.5. The molecule has 0 saturated carbocycles. The van der Waals surface area contributed by atoms with E-state index in [0.717, 1.165) is 11.1 Å². The zero-order chi connectivity index (χ0) is 25.1. The van der Waals surface area contributed by atoms with Crippen LogP contribution in [0.3, 0.4) is 0 Å². The van der Waals surface area contributed by atoms with Crippen LogP contribution in [0.2, 0.25) is 0 Å². The number of amides is 3. The first-order valence-electron chi connectivity index (χ1n) is 11.9. The van der Waals surface area contributed by atoms with Gasteiger partial charge >= 0.3 is 0 Å². The molecule has 3 amide bonds. The first-order chi connectivity index (χ1) is 16.2. The van der Waals surface area contributed by atoms with E-state index >= 15 is 0 Å². The summed E-state index contributed by atoms with van der Waals surface area (Å²) in [7, 11) is 0. The molecular formula is C27H38N4O3. The van der Waals surface area contributed by atoms with Gasteiger partial charge in [0.15, 0.2) is 0 Å². The van der Waals surface area contributed by atoms with Gasteiger partial charge in [0.25, 0.3) is 0 Å². The second-order valence-corrected chi connectivity index (χ2v) is 9.10. The molecule has 0 fully saturated rings. The maximum absolute atomic E-state index is 13.3. The van der Waals surface area contributed by atoms with E-state index in [-0.39, 0.29) is 23.7 Å². The highest BCUT2D eigenvalue weighted by Gasteiger charge is 2.31. The summed E-state index contributed by atoms with van der Waals surface area (Å²) in [6.45, 7) is 7.97. The topological polar surface area (TPSA) is 113 Å². The van der Waals surface area contributed by atoms with Gasteiger partial charge in [-0.3, -0.25) is 14.4 Å². The van der Waals surface area contributed by atoms with Crippen molar-refractivity contribution in [1.82, 2.24) is 16.0 Å². The van der Waals surface area contributed by atoms with Gasteiger partial charge < -0.3 is 21.7 Å². The minimum absolute atomic E-state index is 0.0722. The molecule has 7 heteroatoms.